The highest BCUT2D eigenvalue weighted by molar-refractivity contribution is 7.98. The summed E-state index contributed by atoms with van der Waals surface area (Å²) in [5.74, 6) is 0.779. The Morgan fingerprint density at radius 1 is 1.17 bits per heavy atom. The molecule has 154 valence electrons. The average molecular weight is 412 g/mol. The molecular weight excluding hydrogens is 382 g/mol. The van der Waals surface area contributed by atoms with E-state index in [-0.39, 0.29) is 5.91 Å². The molecule has 1 saturated carbocycles. The normalized spacial score (nSPS) is 17.4. The van der Waals surface area contributed by atoms with E-state index in [0.29, 0.717) is 18.2 Å². The average Bonchev–Trinajstić information content (AvgIpc) is 3.57. The molecule has 4 rings (SSSR count). The van der Waals surface area contributed by atoms with Crippen LogP contribution in [-0.2, 0) is 6.54 Å². The molecule has 0 atom stereocenters. The summed E-state index contributed by atoms with van der Waals surface area (Å²) in [6, 6.07) is 8.81. The van der Waals surface area contributed by atoms with Crippen molar-refractivity contribution in [1.29, 1.82) is 0 Å². The molecule has 1 aromatic carbocycles. The van der Waals surface area contributed by atoms with E-state index in [9.17, 15) is 4.79 Å². The molecule has 2 heterocycles. The number of carbonyl (C=O) groups is 1. The van der Waals surface area contributed by atoms with E-state index in [1.807, 2.05) is 11.8 Å². The molecule has 2 aromatic rings. The number of piperazine rings is 1. The van der Waals surface area contributed by atoms with Crippen LogP contribution >= 0.6 is 11.8 Å². The van der Waals surface area contributed by atoms with Crippen LogP contribution in [0.15, 0.2) is 35.4 Å². The van der Waals surface area contributed by atoms with Gasteiger partial charge in [-0.05, 0) is 50.8 Å². The summed E-state index contributed by atoms with van der Waals surface area (Å²) in [7, 11) is 2.13. The van der Waals surface area contributed by atoms with Crippen LogP contribution in [0.3, 0.4) is 0 Å². The van der Waals surface area contributed by atoms with E-state index in [1.165, 1.54) is 4.90 Å². The third-order valence-corrected chi connectivity index (χ3v) is 6.49. The lowest BCUT2D eigenvalue weighted by atomic mass is 10.1. The SMILES string of the molecule is CSc1ccc(CN(C(=O)c2cnc(N3CCN(C)CC3)nc2C)C2CC2)cc1. The smallest absolute Gasteiger partial charge is 0.257 e. The van der Waals surface area contributed by atoms with Gasteiger partial charge in [0.1, 0.15) is 0 Å². The van der Waals surface area contributed by atoms with Gasteiger partial charge in [0.25, 0.3) is 5.91 Å². The Labute approximate surface area is 177 Å². The van der Waals surface area contributed by atoms with Gasteiger partial charge in [-0.25, -0.2) is 9.97 Å². The zero-order valence-corrected chi connectivity index (χ0v) is 18.3. The van der Waals surface area contributed by atoms with Crippen LogP contribution in [0.5, 0.6) is 0 Å². The van der Waals surface area contributed by atoms with Crippen LogP contribution in [0.4, 0.5) is 5.95 Å². The minimum Gasteiger partial charge on any atom is -0.338 e. The first-order valence-electron chi connectivity index (χ1n) is 10.3. The van der Waals surface area contributed by atoms with Gasteiger partial charge in [0.15, 0.2) is 0 Å². The molecule has 0 radical (unpaired) electrons. The van der Waals surface area contributed by atoms with Crippen molar-refractivity contribution in [3.8, 4) is 0 Å². The molecule has 1 aliphatic carbocycles. The van der Waals surface area contributed by atoms with Crippen molar-refractivity contribution in [3.63, 3.8) is 0 Å². The zero-order chi connectivity index (χ0) is 20.4. The number of likely N-dealkylation sites (N-methyl/N-ethyl adjacent to an activating group) is 1. The number of thioether (sulfide) groups is 1. The van der Waals surface area contributed by atoms with E-state index in [1.54, 1.807) is 18.0 Å². The van der Waals surface area contributed by atoms with Gasteiger partial charge in [-0.1, -0.05) is 12.1 Å². The van der Waals surface area contributed by atoms with Gasteiger partial charge in [0.05, 0.1) is 11.3 Å². The molecule has 0 spiro atoms. The van der Waals surface area contributed by atoms with Crippen molar-refractivity contribution in [2.75, 3.05) is 44.4 Å². The number of hydrogen-bond donors (Lipinski definition) is 0. The Balaban J connectivity index is 1.50. The molecule has 0 N–H and O–H groups in total. The van der Waals surface area contributed by atoms with Crippen molar-refractivity contribution in [1.82, 2.24) is 19.8 Å². The predicted molar refractivity (Wildman–Crippen MR) is 118 cm³/mol. The van der Waals surface area contributed by atoms with Crippen molar-refractivity contribution in [2.24, 2.45) is 0 Å². The number of anilines is 1. The number of benzene rings is 1. The van der Waals surface area contributed by atoms with E-state index in [4.69, 9.17) is 0 Å². The Morgan fingerprint density at radius 2 is 1.86 bits per heavy atom. The van der Waals surface area contributed by atoms with Crippen molar-refractivity contribution in [3.05, 3.63) is 47.3 Å². The molecule has 1 amide bonds. The van der Waals surface area contributed by atoms with Crippen LogP contribution in [0, 0.1) is 6.92 Å². The third-order valence-electron chi connectivity index (χ3n) is 5.74. The number of hydrogen-bond acceptors (Lipinski definition) is 6. The maximum atomic E-state index is 13.3. The van der Waals surface area contributed by atoms with Crippen molar-refractivity contribution >= 4 is 23.6 Å². The summed E-state index contributed by atoms with van der Waals surface area (Å²) in [4.78, 5) is 30.3. The molecule has 29 heavy (non-hydrogen) atoms. The number of carbonyl (C=O) groups excluding carboxylic acids is 1. The first-order chi connectivity index (χ1) is 14.0. The molecule has 6 nitrogen and oxygen atoms in total. The van der Waals surface area contributed by atoms with E-state index in [2.05, 4.69) is 57.3 Å². The molecule has 2 aliphatic rings. The second-order valence-electron chi connectivity index (χ2n) is 7.97. The van der Waals surface area contributed by atoms with Crippen LogP contribution in [0.1, 0.15) is 34.5 Å². The first kappa shape index (κ1) is 20.2. The Bertz CT molecular complexity index is 860. The monoisotopic (exact) mass is 411 g/mol. The quantitative estimate of drug-likeness (QED) is 0.681. The second-order valence-corrected chi connectivity index (χ2v) is 8.85. The maximum absolute atomic E-state index is 13.3. The summed E-state index contributed by atoms with van der Waals surface area (Å²) < 4.78 is 0. The van der Waals surface area contributed by atoms with Crippen LogP contribution in [0.2, 0.25) is 0 Å². The highest BCUT2D eigenvalue weighted by Crippen LogP contribution is 2.30. The van der Waals surface area contributed by atoms with Gasteiger partial charge in [-0.2, -0.15) is 0 Å². The lowest BCUT2D eigenvalue weighted by Gasteiger charge is -2.32. The van der Waals surface area contributed by atoms with Gasteiger partial charge < -0.3 is 14.7 Å². The van der Waals surface area contributed by atoms with Gasteiger partial charge in [-0.15, -0.1) is 11.8 Å². The fourth-order valence-electron chi connectivity index (χ4n) is 3.66. The van der Waals surface area contributed by atoms with Crippen LogP contribution in [0.25, 0.3) is 0 Å². The standard InChI is InChI=1S/C22H29N5OS/c1-16-20(14-23-22(24-16)26-12-10-25(2)11-13-26)21(28)27(18-6-7-18)15-17-4-8-19(29-3)9-5-17/h4-5,8-9,14,18H,6-7,10-13,15H2,1-3H3. The molecule has 2 fully saturated rings. The number of amides is 1. The van der Waals surface area contributed by atoms with Gasteiger partial charge in [-0.3, -0.25) is 4.79 Å². The molecule has 1 aliphatic heterocycles. The summed E-state index contributed by atoms with van der Waals surface area (Å²) in [6.07, 6.45) is 5.95. The Kier molecular flexibility index (Phi) is 6.06. The third kappa shape index (κ3) is 4.73. The summed E-state index contributed by atoms with van der Waals surface area (Å²) in [6.45, 7) is 6.42. The molecule has 1 saturated heterocycles. The maximum Gasteiger partial charge on any atom is 0.257 e. The van der Waals surface area contributed by atoms with E-state index in [0.717, 1.165) is 56.2 Å². The molecule has 7 heteroatoms. The van der Waals surface area contributed by atoms with Gasteiger partial charge >= 0.3 is 0 Å². The second kappa shape index (κ2) is 8.71. The molecule has 1 aromatic heterocycles. The first-order valence-corrected chi connectivity index (χ1v) is 11.5. The van der Waals surface area contributed by atoms with E-state index >= 15 is 0 Å². The van der Waals surface area contributed by atoms with Crippen molar-refractivity contribution < 1.29 is 4.79 Å². The lowest BCUT2D eigenvalue weighted by Crippen LogP contribution is -2.45. The predicted octanol–water partition coefficient (Wildman–Crippen LogP) is 3.06. The minimum atomic E-state index is 0.0453. The fraction of sp³-hybridized carbons (Fsp3) is 0.500. The Morgan fingerprint density at radius 3 is 2.45 bits per heavy atom. The zero-order valence-electron chi connectivity index (χ0n) is 17.5. The van der Waals surface area contributed by atoms with Gasteiger partial charge in [0.2, 0.25) is 5.95 Å². The summed E-state index contributed by atoms with van der Waals surface area (Å²) >= 11 is 1.73. The molecule has 0 unspecified atom stereocenters. The topological polar surface area (TPSA) is 52.6 Å². The highest BCUT2D eigenvalue weighted by Gasteiger charge is 2.34. The molecule has 0 bridgehead atoms. The summed E-state index contributed by atoms with van der Waals surface area (Å²) in [5, 5.41) is 0. The lowest BCUT2D eigenvalue weighted by molar-refractivity contribution is 0.0728. The van der Waals surface area contributed by atoms with Crippen molar-refractivity contribution in [2.45, 2.75) is 37.2 Å². The van der Waals surface area contributed by atoms with Gasteiger partial charge in [0, 0.05) is 49.9 Å². The number of rotatable bonds is 6. The van der Waals surface area contributed by atoms with Crippen LogP contribution < -0.4 is 4.90 Å². The summed E-state index contributed by atoms with van der Waals surface area (Å²) in [5.41, 5.74) is 2.55. The highest BCUT2D eigenvalue weighted by atomic mass is 32.2. The molecular formula is C22H29N5OS. The minimum absolute atomic E-state index is 0.0453. The Hall–Kier alpha value is -2.12. The number of nitrogens with zero attached hydrogens (tertiary/aromatic N) is 5. The fourth-order valence-corrected chi connectivity index (χ4v) is 4.07. The largest absolute Gasteiger partial charge is 0.338 e. The number of aryl methyl sites for hydroxylation is 1. The van der Waals surface area contributed by atoms with Crippen LogP contribution in [-0.4, -0.2) is 71.2 Å². The number of aromatic nitrogens is 2. The van der Waals surface area contributed by atoms with E-state index < -0.39 is 0 Å².